The number of nitrogens with one attached hydrogen (secondary N) is 1. The monoisotopic (exact) mass is 232 g/mol. The van der Waals surface area contributed by atoms with Crippen LogP contribution in [0.4, 0.5) is 4.39 Å². The van der Waals surface area contributed by atoms with Crippen LogP contribution in [0.15, 0.2) is 24.3 Å². The molecule has 1 aromatic heterocycles. The average Bonchev–Trinajstić information content (AvgIpc) is 2.59. The fraction of sp³-hybridized carbons (Fsp3) is 0.333. The van der Waals surface area contributed by atoms with Gasteiger partial charge in [0.05, 0.1) is 5.56 Å². The second-order valence-electron chi connectivity index (χ2n) is 4.25. The van der Waals surface area contributed by atoms with Crippen LogP contribution in [-0.4, -0.2) is 27.9 Å². The van der Waals surface area contributed by atoms with E-state index < -0.39 is 0 Å². The molecule has 5 heteroatoms. The highest BCUT2D eigenvalue weighted by Crippen LogP contribution is 2.23. The third-order valence-electron chi connectivity index (χ3n) is 3.06. The van der Waals surface area contributed by atoms with Crippen LogP contribution < -0.4 is 5.32 Å². The van der Waals surface area contributed by atoms with Crippen molar-refractivity contribution in [1.82, 2.24) is 20.1 Å². The molecule has 88 valence electrons. The zero-order valence-corrected chi connectivity index (χ0v) is 9.52. The number of aryl methyl sites for hydroxylation is 1. The molecule has 0 aliphatic carbocycles. The lowest BCUT2D eigenvalue weighted by atomic mass is 10.0. The van der Waals surface area contributed by atoms with Crippen molar-refractivity contribution in [2.24, 2.45) is 7.05 Å². The summed E-state index contributed by atoms with van der Waals surface area (Å²) in [5.74, 6) is 1.50. The van der Waals surface area contributed by atoms with Gasteiger partial charge >= 0.3 is 0 Å². The van der Waals surface area contributed by atoms with E-state index in [2.05, 4.69) is 15.4 Å². The van der Waals surface area contributed by atoms with Gasteiger partial charge in [-0.2, -0.15) is 5.10 Å². The third kappa shape index (κ3) is 1.72. The van der Waals surface area contributed by atoms with Crippen molar-refractivity contribution in [3.63, 3.8) is 0 Å². The van der Waals surface area contributed by atoms with Gasteiger partial charge in [-0.05, 0) is 12.1 Å². The smallest absolute Gasteiger partial charge is 0.184 e. The van der Waals surface area contributed by atoms with Crippen LogP contribution in [0.5, 0.6) is 0 Å². The summed E-state index contributed by atoms with van der Waals surface area (Å²) in [4.78, 5) is 4.43. The lowest BCUT2D eigenvalue weighted by molar-refractivity contribution is 0.416. The van der Waals surface area contributed by atoms with E-state index in [1.54, 1.807) is 22.9 Å². The van der Waals surface area contributed by atoms with Crippen LogP contribution in [0.2, 0.25) is 0 Å². The number of halogens is 1. The van der Waals surface area contributed by atoms with E-state index in [1.807, 2.05) is 7.05 Å². The third-order valence-corrected chi connectivity index (χ3v) is 3.06. The molecule has 2 heterocycles. The van der Waals surface area contributed by atoms with Crippen LogP contribution >= 0.6 is 0 Å². The molecule has 2 aromatic rings. The van der Waals surface area contributed by atoms with Crippen molar-refractivity contribution >= 4 is 0 Å². The number of nitrogens with zero attached hydrogens (tertiary/aromatic N) is 3. The lowest BCUT2D eigenvalue weighted by Gasteiger charge is -2.25. The average molecular weight is 232 g/mol. The number of aromatic nitrogens is 3. The van der Waals surface area contributed by atoms with Gasteiger partial charge < -0.3 is 5.32 Å². The summed E-state index contributed by atoms with van der Waals surface area (Å²) in [7, 11) is 1.85. The first-order valence-electron chi connectivity index (χ1n) is 5.62. The molecule has 1 saturated heterocycles. The molecule has 0 unspecified atom stereocenters. The van der Waals surface area contributed by atoms with Crippen molar-refractivity contribution in [3.05, 3.63) is 35.9 Å². The Morgan fingerprint density at radius 1 is 1.35 bits per heavy atom. The minimum absolute atomic E-state index is 0.281. The Morgan fingerprint density at radius 3 is 2.76 bits per heavy atom. The zero-order valence-electron chi connectivity index (χ0n) is 9.52. The first-order chi connectivity index (χ1) is 8.25. The van der Waals surface area contributed by atoms with E-state index in [9.17, 15) is 4.39 Å². The SMILES string of the molecule is Cn1nc(-c2ccccc2F)nc1C1CNC1. The van der Waals surface area contributed by atoms with Crippen LogP contribution in [0.25, 0.3) is 11.4 Å². The van der Waals surface area contributed by atoms with Gasteiger partial charge in [0.15, 0.2) is 5.82 Å². The quantitative estimate of drug-likeness (QED) is 0.849. The standard InChI is InChI=1S/C12H13FN4/c1-17-12(8-6-14-7-8)15-11(16-17)9-4-2-3-5-10(9)13/h2-5,8,14H,6-7H2,1H3. The second kappa shape index (κ2) is 3.92. The van der Waals surface area contributed by atoms with Crippen molar-refractivity contribution in [2.45, 2.75) is 5.92 Å². The summed E-state index contributed by atoms with van der Waals surface area (Å²) in [6.45, 7) is 1.84. The van der Waals surface area contributed by atoms with Crippen molar-refractivity contribution in [1.29, 1.82) is 0 Å². The van der Waals surface area contributed by atoms with Gasteiger partial charge in [-0.15, -0.1) is 0 Å². The van der Waals surface area contributed by atoms with E-state index in [0.29, 0.717) is 17.3 Å². The number of benzene rings is 1. The molecule has 0 atom stereocenters. The number of hydrogen-bond donors (Lipinski definition) is 1. The molecule has 1 aliphatic heterocycles. The normalized spacial score (nSPS) is 15.9. The Balaban J connectivity index is 2.01. The maximum atomic E-state index is 13.6. The van der Waals surface area contributed by atoms with Gasteiger partial charge in [-0.3, -0.25) is 4.68 Å². The number of rotatable bonds is 2. The molecule has 1 aliphatic rings. The summed E-state index contributed by atoms with van der Waals surface area (Å²) in [6.07, 6.45) is 0. The van der Waals surface area contributed by atoms with Gasteiger partial charge in [0.1, 0.15) is 11.6 Å². The van der Waals surface area contributed by atoms with E-state index >= 15 is 0 Å². The van der Waals surface area contributed by atoms with E-state index in [4.69, 9.17) is 0 Å². The molecule has 0 amide bonds. The molecular formula is C12H13FN4. The largest absolute Gasteiger partial charge is 0.315 e. The fourth-order valence-electron chi connectivity index (χ4n) is 1.98. The Labute approximate surface area is 98.5 Å². The van der Waals surface area contributed by atoms with Gasteiger partial charge in [0.2, 0.25) is 0 Å². The van der Waals surface area contributed by atoms with Crippen molar-refractivity contribution < 1.29 is 4.39 Å². The summed E-state index contributed by atoms with van der Waals surface area (Å²) in [5.41, 5.74) is 0.460. The van der Waals surface area contributed by atoms with Crippen LogP contribution in [0.3, 0.4) is 0 Å². The molecule has 1 fully saturated rings. The van der Waals surface area contributed by atoms with Gasteiger partial charge in [-0.1, -0.05) is 12.1 Å². The lowest BCUT2D eigenvalue weighted by Crippen LogP contribution is -2.41. The van der Waals surface area contributed by atoms with Gasteiger partial charge in [0, 0.05) is 26.1 Å². The number of hydrogen-bond acceptors (Lipinski definition) is 3. The Bertz CT molecular complexity index is 545. The predicted molar refractivity (Wildman–Crippen MR) is 62.0 cm³/mol. The predicted octanol–water partition coefficient (Wildman–Crippen LogP) is 1.31. The molecule has 1 aromatic carbocycles. The van der Waals surface area contributed by atoms with Crippen LogP contribution in [0, 0.1) is 5.82 Å². The Morgan fingerprint density at radius 2 is 2.12 bits per heavy atom. The van der Waals surface area contributed by atoms with E-state index in [-0.39, 0.29) is 5.82 Å². The molecule has 0 spiro atoms. The van der Waals surface area contributed by atoms with Crippen LogP contribution in [0.1, 0.15) is 11.7 Å². The molecule has 1 N–H and O–H groups in total. The molecule has 0 radical (unpaired) electrons. The summed E-state index contributed by atoms with van der Waals surface area (Å²) >= 11 is 0. The van der Waals surface area contributed by atoms with Gasteiger partial charge in [-0.25, -0.2) is 9.37 Å². The maximum Gasteiger partial charge on any atom is 0.184 e. The molecule has 0 bridgehead atoms. The molecule has 0 saturated carbocycles. The van der Waals surface area contributed by atoms with E-state index in [0.717, 1.165) is 18.9 Å². The van der Waals surface area contributed by atoms with E-state index in [1.165, 1.54) is 6.07 Å². The maximum absolute atomic E-state index is 13.6. The topological polar surface area (TPSA) is 42.7 Å². The summed E-state index contributed by atoms with van der Waals surface area (Å²) in [5, 5.41) is 7.47. The van der Waals surface area contributed by atoms with Gasteiger partial charge in [0.25, 0.3) is 0 Å². The first-order valence-corrected chi connectivity index (χ1v) is 5.62. The highest BCUT2D eigenvalue weighted by molar-refractivity contribution is 5.55. The molecule has 3 rings (SSSR count). The summed E-state index contributed by atoms with van der Waals surface area (Å²) in [6, 6.07) is 6.58. The molecule has 17 heavy (non-hydrogen) atoms. The Kier molecular flexibility index (Phi) is 2.40. The fourth-order valence-corrected chi connectivity index (χ4v) is 1.98. The minimum atomic E-state index is -0.281. The second-order valence-corrected chi connectivity index (χ2v) is 4.25. The zero-order chi connectivity index (χ0) is 11.8. The highest BCUT2D eigenvalue weighted by Gasteiger charge is 2.25. The highest BCUT2D eigenvalue weighted by atomic mass is 19.1. The first kappa shape index (κ1) is 10.4. The molecular weight excluding hydrogens is 219 g/mol. The minimum Gasteiger partial charge on any atom is -0.315 e. The molecule has 4 nitrogen and oxygen atoms in total. The van der Waals surface area contributed by atoms with Crippen LogP contribution in [-0.2, 0) is 7.05 Å². The van der Waals surface area contributed by atoms with Crippen molar-refractivity contribution in [3.8, 4) is 11.4 Å². The van der Waals surface area contributed by atoms with Crippen molar-refractivity contribution in [2.75, 3.05) is 13.1 Å². The summed E-state index contributed by atoms with van der Waals surface area (Å²) < 4.78 is 15.4. The Hall–Kier alpha value is -1.75.